The van der Waals surface area contributed by atoms with Crippen molar-refractivity contribution in [1.82, 2.24) is 0 Å². The Kier molecular flexibility index (Phi) is 4.03. The van der Waals surface area contributed by atoms with Gasteiger partial charge in [-0.3, -0.25) is 0 Å². The standard InChI is InChI=1S/C19H22N2O2S/c20-10-13-8-17(21)16-9-18(24(22)23)15-7-12(11-5-6-11)3-1-2-4-14(15)19(13)16/h2,4,7,9-11,13,17,20H,1,3,5-6,8,21H2,(H,22,23)/b4-2-,12-7?,20-10?/t13-,17-/m1/s1. The summed E-state index contributed by atoms with van der Waals surface area (Å²) in [6.07, 6.45) is 13.0. The molecule has 3 aliphatic rings. The number of nitrogens with two attached hydrogens (primary N) is 1. The molecule has 1 saturated carbocycles. The van der Waals surface area contributed by atoms with Crippen LogP contribution in [0, 0.1) is 11.3 Å². The van der Waals surface area contributed by atoms with Gasteiger partial charge in [0.05, 0.1) is 4.90 Å². The zero-order valence-electron chi connectivity index (χ0n) is 13.5. The van der Waals surface area contributed by atoms with Crippen molar-refractivity contribution in [2.24, 2.45) is 11.7 Å². The lowest BCUT2D eigenvalue weighted by atomic mass is 9.88. The Morgan fingerprint density at radius 1 is 1.33 bits per heavy atom. The SMILES string of the molecule is N=C[C@H]1C[C@@H](N)c2cc(S(=O)O)c3c(c21)/C=C\CCC(C1CC1)=C3. The number of benzene rings is 1. The fourth-order valence-corrected chi connectivity index (χ4v) is 4.66. The molecule has 5 heteroatoms. The maximum absolute atomic E-state index is 12.0. The number of allylic oxidation sites excluding steroid dienone is 2. The second kappa shape index (κ2) is 6.06. The first kappa shape index (κ1) is 15.9. The van der Waals surface area contributed by atoms with Gasteiger partial charge in [-0.2, -0.15) is 0 Å². The molecule has 24 heavy (non-hydrogen) atoms. The van der Waals surface area contributed by atoms with Gasteiger partial charge in [0.2, 0.25) is 0 Å². The highest BCUT2D eigenvalue weighted by atomic mass is 32.2. The maximum Gasteiger partial charge on any atom is 0.187 e. The van der Waals surface area contributed by atoms with Gasteiger partial charge in [0.15, 0.2) is 11.1 Å². The van der Waals surface area contributed by atoms with Crippen LogP contribution in [0.3, 0.4) is 0 Å². The van der Waals surface area contributed by atoms with Gasteiger partial charge in [-0.05, 0) is 60.8 Å². The average Bonchev–Trinajstić information content (AvgIpc) is 3.31. The van der Waals surface area contributed by atoms with Gasteiger partial charge in [0, 0.05) is 23.7 Å². The Labute approximate surface area is 144 Å². The molecule has 4 nitrogen and oxygen atoms in total. The van der Waals surface area contributed by atoms with Crippen LogP contribution in [-0.4, -0.2) is 15.0 Å². The van der Waals surface area contributed by atoms with Crippen LogP contribution in [-0.2, 0) is 11.1 Å². The summed E-state index contributed by atoms with van der Waals surface area (Å²) in [6.45, 7) is 0. The van der Waals surface area contributed by atoms with Crippen LogP contribution in [0.5, 0.6) is 0 Å². The van der Waals surface area contributed by atoms with Crippen molar-refractivity contribution < 1.29 is 8.76 Å². The molecular formula is C19H22N2O2S. The minimum atomic E-state index is -2.05. The number of hydrogen-bond acceptors (Lipinski definition) is 3. The third kappa shape index (κ3) is 2.61. The Morgan fingerprint density at radius 3 is 2.79 bits per heavy atom. The molecule has 0 amide bonds. The normalized spacial score (nSPS) is 28.2. The van der Waals surface area contributed by atoms with Gasteiger partial charge in [-0.1, -0.05) is 23.8 Å². The number of fused-ring (bicyclic) bond motifs is 3. The smallest absolute Gasteiger partial charge is 0.187 e. The van der Waals surface area contributed by atoms with E-state index in [-0.39, 0.29) is 12.0 Å². The molecule has 0 bridgehead atoms. The first-order chi connectivity index (χ1) is 11.6. The zero-order valence-corrected chi connectivity index (χ0v) is 14.3. The summed E-state index contributed by atoms with van der Waals surface area (Å²) in [7, 11) is 0. The summed E-state index contributed by atoms with van der Waals surface area (Å²) >= 11 is -2.05. The third-order valence-corrected chi connectivity index (χ3v) is 6.14. The number of rotatable bonds is 3. The number of nitrogens with one attached hydrogen (secondary N) is 1. The molecule has 0 saturated heterocycles. The van der Waals surface area contributed by atoms with E-state index in [9.17, 15) is 8.76 Å². The summed E-state index contributed by atoms with van der Waals surface area (Å²) in [4.78, 5) is 0.453. The highest BCUT2D eigenvalue weighted by Crippen LogP contribution is 2.46. The fraction of sp³-hybridized carbons (Fsp3) is 0.421. The predicted octanol–water partition coefficient (Wildman–Crippen LogP) is 4.00. The van der Waals surface area contributed by atoms with Crippen molar-refractivity contribution >= 4 is 29.4 Å². The Bertz CT molecular complexity index is 793. The average molecular weight is 342 g/mol. The van der Waals surface area contributed by atoms with Crippen LogP contribution in [0.4, 0.5) is 0 Å². The summed E-state index contributed by atoms with van der Waals surface area (Å²) in [5.74, 6) is 0.630. The highest BCUT2D eigenvalue weighted by molar-refractivity contribution is 7.79. The second-order valence-corrected chi connectivity index (χ2v) is 7.94. The maximum atomic E-state index is 12.0. The quantitative estimate of drug-likeness (QED) is 0.573. The van der Waals surface area contributed by atoms with Crippen molar-refractivity contribution in [2.45, 2.75) is 49.0 Å². The lowest BCUT2D eigenvalue weighted by Gasteiger charge is -2.19. The first-order valence-corrected chi connectivity index (χ1v) is 9.65. The number of hydrogen-bond donors (Lipinski definition) is 3. The first-order valence-electron chi connectivity index (χ1n) is 8.55. The van der Waals surface area contributed by atoms with Crippen molar-refractivity contribution in [1.29, 1.82) is 5.41 Å². The molecule has 1 unspecified atom stereocenters. The van der Waals surface area contributed by atoms with E-state index in [1.807, 2.05) is 0 Å². The summed E-state index contributed by atoms with van der Waals surface area (Å²) in [6, 6.07) is 1.62. The van der Waals surface area contributed by atoms with E-state index in [1.54, 1.807) is 6.07 Å². The van der Waals surface area contributed by atoms with Crippen LogP contribution >= 0.6 is 0 Å². The lowest BCUT2D eigenvalue weighted by Crippen LogP contribution is -2.08. The molecule has 0 aromatic heterocycles. The Hall–Kier alpha value is -1.56. The minimum Gasteiger partial charge on any atom is -0.324 e. The van der Waals surface area contributed by atoms with E-state index >= 15 is 0 Å². The van der Waals surface area contributed by atoms with Crippen molar-refractivity contribution in [2.75, 3.05) is 0 Å². The molecule has 0 heterocycles. The van der Waals surface area contributed by atoms with Gasteiger partial charge in [-0.25, -0.2) is 4.21 Å². The van der Waals surface area contributed by atoms with Crippen LogP contribution in [0.2, 0.25) is 0 Å². The molecule has 1 fully saturated rings. The molecule has 0 radical (unpaired) electrons. The molecular weight excluding hydrogens is 320 g/mol. The van der Waals surface area contributed by atoms with Crippen LogP contribution in [0.1, 0.15) is 66.3 Å². The highest BCUT2D eigenvalue weighted by Gasteiger charge is 2.33. The van der Waals surface area contributed by atoms with Crippen LogP contribution < -0.4 is 5.73 Å². The van der Waals surface area contributed by atoms with Gasteiger partial charge in [0.1, 0.15) is 0 Å². The van der Waals surface area contributed by atoms with Gasteiger partial charge < -0.3 is 15.7 Å². The van der Waals surface area contributed by atoms with E-state index < -0.39 is 11.1 Å². The van der Waals surface area contributed by atoms with Crippen LogP contribution in [0.15, 0.2) is 22.6 Å². The molecule has 0 aliphatic heterocycles. The molecule has 1 aromatic rings. The van der Waals surface area contributed by atoms with E-state index in [1.165, 1.54) is 24.6 Å². The Morgan fingerprint density at radius 2 is 2.12 bits per heavy atom. The monoisotopic (exact) mass is 342 g/mol. The summed E-state index contributed by atoms with van der Waals surface area (Å²) < 4.78 is 21.8. The van der Waals surface area contributed by atoms with E-state index in [2.05, 4.69) is 18.2 Å². The predicted molar refractivity (Wildman–Crippen MR) is 97.5 cm³/mol. The van der Waals surface area contributed by atoms with Crippen molar-refractivity contribution in [3.63, 3.8) is 0 Å². The molecule has 4 N–H and O–H groups in total. The van der Waals surface area contributed by atoms with Gasteiger partial charge in [0.25, 0.3) is 0 Å². The summed E-state index contributed by atoms with van der Waals surface area (Å²) in [5, 5.41) is 7.76. The zero-order chi connectivity index (χ0) is 16.8. The molecule has 1 aromatic carbocycles. The fourth-order valence-electron chi connectivity index (χ4n) is 4.08. The van der Waals surface area contributed by atoms with Crippen LogP contribution in [0.25, 0.3) is 12.2 Å². The topological polar surface area (TPSA) is 87.2 Å². The summed E-state index contributed by atoms with van der Waals surface area (Å²) in [5.41, 5.74) is 11.5. The molecule has 0 spiro atoms. The van der Waals surface area contributed by atoms with Crippen molar-refractivity contribution in [3.8, 4) is 0 Å². The third-order valence-electron chi connectivity index (χ3n) is 5.43. The van der Waals surface area contributed by atoms with E-state index in [4.69, 9.17) is 11.1 Å². The van der Waals surface area contributed by atoms with Gasteiger partial charge in [-0.15, -0.1) is 0 Å². The van der Waals surface area contributed by atoms with Crippen molar-refractivity contribution in [3.05, 3.63) is 40.0 Å². The Balaban J connectivity index is 2.01. The second-order valence-electron chi connectivity index (χ2n) is 7.00. The molecule has 4 rings (SSSR count). The lowest BCUT2D eigenvalue weighted by molar-refractivity contribution is 0.564. The van der Waals surface area contributed by atoms with Gasteiger partial charge >= 0.3 is 0 Å². The van der Waals surface area contributed by atoms with E-state index in [0.717, 1.165) is 35.1 Å². The molecule has 3 aliphatic carbocycles. The largest absolute Gasteiger partial charge is 0.324 e. The van der Waals surface area contributed by atoms with E-state index in [0.29, 0.717) is 17.2 Å². The minimum absolute atomic E-state index is 0.00761. The molecule has 126 valence electrons. The molecule has 3 atom stereocenters.